The highest BCUT2D eigenvalue weighted by Crippen LogP contribution is 2.51. The molecular formula is C14H10Cl3NO3. The van der Waals surface area contributed by atoms with Crippen molar-refractivity contribution < 1.29 is 14.4 Å². The highest BCUT2D eigenvalue weighted by molar-refractivity contribution is 6.42. The van der Waals surface area contributed by atoms with Crippen molar-refractivity contribution in [3.05, 3.63) is 38.5 Å². The molecule has 1 aliphatic carbocycles. The van der Waals surface area contributed by atoms with Gasteiger partial charge in [0.25, 0.3) is 0 Å². The van der Waals surface area contributed by atoms with E-state index in [0.717, 1.165) is 12.8 Å². The minimum Gasteiger partial charge on any atom is -0.477 e. The van der Waals surface area contributed by atoms with Crippen LogP contribution in [0.3, 0.4) is 0 Å². The fourth-order valence-corrected chi connectivity index (χ4v) is 3.25. The maximum absolute atomic E-state index is 11.6. The van der Waals surface area contributed by atoms with Crippen LogP contribution in [0.5, 0.6) is 0 Å². The van der Waals surface area contributed by atoms with E-state index < -0.39 is 5.97 Å². The third-order valence-electron chi connectivity index (χ3n) is 3.70. The highest BCUT2D eigenvalue weighted by atomic mass is 35.5. The Morgan fingerprint density at radius 3 is 2.33 bits per heavy atom. The van der Waals surface area contributed by atoms with Crippen LogP contribution in [0, 0.1) is 0 Å². The first kappa shape index (κ1) is 14.7. The summed E-state index contributed by atoms with van der Waals surface area (Å²) >= 11 is 18.2. The van der Waals surface area contributed by atoms with Crippen molar-refractivity contribution in [1.82, 2.24) is 5.16 Å². The third-order valence-corrected chi connectivity index (χ3v) is 4.51. The quantitative estimate of drug-likeness (QED) is 0.844. The van der Waals surface area contributed by atoms with Crippen LogP contribution >= 0.6 is 34.8 Å². The largest absolute Gasteiger partial charge is 0.477 e. The Labute approximate surface area is 135 Å². The molecule has 0 radical (unpaired) electrons. The second kappa shape index (κ2) is 4.90. The van der Waals surface area contributed by atoms with Crippen LogP contribution in [0.1, 0.15) is 35.9 Å². The van der Waals surface area contributed by atoms with Crippen molar-refractivity contribution >= 4 is 40.8 Å². The topological polar surface area (TPSA) is 63.3 Å². The molecule has 0 amide bonds. The van der Waals surface area contributed by atoms with Gasteiger partial charge in [0.1, 0.15) is 11.3 Å². The summed E-state index contributed by atoms with van der Waals surface area (Å²) < 4.78 is 5.30. The summed E-state index contributed by atoms with van der Waals surface area (Å²) in [7, 11) is 0. The summed E-state index contributed by atoms with van der Waals surface area (Å²) in [6, 6.07) is 2.98. The lowest BCUT2D eigenvalue weighted by molar-refractivity contribution is 0.0694. The molecule has 0 unspecified atom stereocenters. The van der Waals surface area contributed by atoms with Gasteiger partial charge < -0.3 is 9.63 Å². The average Bonchev–Trinajstić information content (AvgIpc) is 2.96. The molecule has 0 aliphatic heterocycles. The van der Waals surface area contributed by atoms with Crippen LogP contribution < -0.4 is 0 Å². The molecule has 110 valence electrons. The number of halogens is 3. The van der Waals surface area contributed by atoms with E-state index in [2.05, 4.69) is 5.16 Å². The fraction of sp³-hybridized carbons (Fsp3) is 0.286. The third kappa shape index (κ3) is 2.41. The van der Waals surface area contributed by atoms with Crippen LogP contribution in [0.4, 0.5) is 0 Å². The molecule has 1 fully saturated rings. The molecule has 0 saturated heterocycles. The zero-order valence-corrected chi connectivity index (χ0v) is 13.2. The van der Waals surface area contributed by atoms with Crippen LogP contribution in [-0.2, 0) is 5.41 Å². The monoisotopic (exact) mass is 345 g/mol. The van der Waals surface area contributed by atoms with Crippen molar-refractivity contribution in [2.24, 2.45) is 0 Å². The molecule has 1 aliphatic rings. The number of benzene rings is 1. The molecule has 1 N–H and O–H groups in total. The summed E-state index contributed by atoms with van der Waals surface area (Å²) in [6.45, 7) is 1.94. The summed E-state index contributed by atoms with van der Waals surface area (Å²) in [6.07, 6.45) is 1.73. The van der Waals surface area contributed by atoms with Crippen LogP contribution in [0.2, 0.25) is 15.1 Å². The van der Waals surface area contributed by atoms with Gasteiger partial charge in [0.05, 0.1) is 10.0 Å². The van der Waals surface area contributed by atoms with Gasteiger partial charge in [0.15, 0.2) is 5.76 Å². The predicted octanol–water partition coefficient (Wildman–Crippen LogP) is 5.05. The number of carbonyl (C=O) groups is 1. The van der Waals surface area contributed by atoms with Gasteiger partial charge in [0, 0.05) is 16.0 Å². The number of aromatic carboxylic acids is 1. The van der Waals surface area contributed by atoms with Gasteiger partial charge >= 0.3 is 5.97 Å². The van der Waals surface area contributed by atoms with E-state index in [1.54, 1.807) is 0 Å². The lowest BCUT2D eigenvalue weighted by Gasteiger charge is -2.07. The van der Waals surface area contributed by atoms with E-state index in [1.807, 2.05) is 6.92 Å². The number of carboxylic acids is 1. The molecule has 1 saturated carbocycles. The first-order chi connectivity index (χ1) is 9.83. The Bertz CT molecular complexity index is 727. The fourth-order valence-electron chi connectivity index (χ4n) is 2.25. The van der Waals surface area contributed by atoms with Crippen LogP contribution in [0.15, 0.2) is 16.7 Å². The highest BCUT2D eigenvalue weighted by Gasteiger charge is 2.47. The molecule has 2 aromatic rings. The van der Waals surface area contributed by atoms with Crippen molar-refractivity contribution in [2.45, 2.75) is 25.2 Å². The number of rotatable bonds is 3. The van der Waals surface area contributed by atoms with E-state index in [1.165, 1.54) is 12.1 Å². The van der Waals surface area contributed by atoms with E-state index in [4.69, 9.17) is 39.3 Å². The average molecular weight is 347 g/mol. The van der Waals surface area contributed by atoms with Gasteiger partial charge in [-0.2, -0.15) is 0 Å². The first-order valence-electron chi connectivity index (χ1n) is 6.22. The zero-order valence-electron chi connectivity index (χ0n) is 10.9. The van der Waals surface area contributed by atoms with Gasteiger partial charge in [-0.1, -0.05) is 46.9 Å². The Morgan fingerprint density at radius 2 is 1.86 bits per heavy atom. The van der Waals surface area contributed by atoms with E-state index in [9.17, 15) is 9.90 Å². The lowest BCUT2D eigenvalue weighted by atomic mass is 9.98. The van der Waals surface area contributed by atoms with Gasteiger partial charge in [-0.3, -0.25) is 0 Å². The number of hydrogen-bond acceptors (Lipinski definition) is 3. The van der Waals surface area contributed by atoms with E-state index in [0.29, 0.717) is 16.3 Å². The number of hydrogen-bond donors (Lipinski definition) is 1. The van der Waals surface area contributed by atoms with Crippen LogP contribution in [-0.4, -0.2) is 16.2 Å². The molecule has 0 bridgehead atoms. The second-order valence-electron chi connectivity index (χ2n) is 5.35. The Kier molecular flexibility index (Phi) is 3.43. The molecule has 0 atom stereocenters. The molecular weight excluding hydrogens is 337 g/mol. The maximum Gasteiger partial charge on any atom is 0.341 e. The summed E-state index contributed by atoms with van der Waals surface area (Å²) in [5.41, 5.74) is 0.197. The summed E-state index contributed by atoms with van der Waals surface area (Å²) in [4.78, 5) is 11.6. The molecule has 4 nitrogen and oxygen atoms in total. The first-order valence-corrected chi connectivity index (χ1v) is 7.35. The summed E-state index contributed by atoms with van der Waals surface area (Å²) in [5, 5.41) is 14.2. The molecule has 1 aromatic heterocycles. The van der Waals surface area contributed by atoms with Gasteiger partial charge in [-0.15, -0.1) is 0 Å². The van der Waals surface area contributed by atoms with Crippen LogP contribution in [0.25, 0.3) is 11.3 Å². The van der Waals surface area contributed by atoms with Gasteiger partial charge in [0.2, 0.25) is 0 Å². The normalized spacial score (nSPS) is 16.0. The minimum atomic E-state index is -1.11. The molecule has 21 heavy (non-hydrogen) atoms. The van der Waals surface area contributed by atoms with Crippen molar-refractivity contribution in [1.29, 1.82) is 0 Å². The van der Waals surface area contributed by atoms with Crippen molar-refractivity contribution in [3.8, 4) is 11.3 Å². The van der Waals surface area contributed by atoms with Gasteiger partial charge in [-0.05, 0) is 25.0 Å². The Hall–Kier alpha value is -1.23. The number of carboxylic acid groups (broad SMARTS) is 1. The molecule has 3 rings (SSSR count). The SMILES string of the molecule is CC1(c2onc(-c3c(Cl)cc(Cl)cc3Cl)c2C(=O)O)CC1. The summed E-state index contributed by atoms with van der Waals surface area (Å²) in [5.74, 6) is -0.747. The Morgan fingerprint density at radius 1 is 1.29 bits per heavy atom. The molecule has 1 aromatic carbocycles. The Balaban J connectivity index is 2.25. The standard InChI is InChI=1S/C14H10Cl3NO3/c1-14(2-3-14)12-10(13(19)20)11(18-21-12)9-7(16)4-6(15)5-8(9)17/h4-5H,2-3H2,1H3,(H,19,20). The maximum atomic E-state index is 11.6. The predicted molar refractivity (Wildman–Crippen MR) is 80.5 cm³/mol. The minimum absolute atomic E-state index is 0.0149. The smallest absolute Gasteiger partial charge is 0.341 e. The zero-order chi connectivity index (χ0) is 15.4. The van der Waals surface area contributed by atoms with Gasteiger partial charge in [-0.25, -0.2) is 4.79 Å². The van der Waals surface area contributed by atoms with E-state index >= 15 is 0 Å². The number of aromatic nitrogens is 1. The van der Waals surface area contributed by atoms with Crippen molar-refractivity contribution in [3.63, 3.8) is 0 Å². The van der Waals surface area contributed by atoms with E-state index in [-0.39, 0.29) is 26.7 Å². The molecule has 0 spiro atoms. The lowest BCUT2D eigenvalue weighted by Crippen LogP contribution is -2.08. The molecule has 7 heteroatoms. The second-order valence-corrected chi connectivity index (χ2v) is 6.60. The van der Waals surface area contributed by atoms with Crippen molar-refractivity contribution in [2.75, 3.05) is 0 Å². The number of nitrogens with zero attached hydrogens (tertiary/aromatic N) is 1. The molecule has 1 heterocycles.